The number of methoxy groups -OCH3 is 1. The van der Waals surface area contributed by atoms with Crippen LogP contribution in [0, 0.1) is 10.1 Å². The molecule has 0 radical (unpaired) electrons. The van der Waals surface area contributed by atoms with E-state index < -0.39 is 115 Å². The maximum Gasteiger partial charge on any atom is 0.313 e. The summed E-state index contributed by atoms with van der Waals surface area (Å²) in [5, 5.41) is 7.01. The summed E-state index contributed by atoms with van der Waals surface area (Å²) in [5.41, 5.74) is -1.28. The van der Waals surface area contributed by atoms with Gasteiger partial charge in [-0.25, -0.2) is 0 Å². The van der Waals surface area contributed by atoms with Crippen molar-refractivity contribution in [2.75, 3.05) is 20.2 Å². The Morgan fingerprint density at radius 2 is 2.04 bits per heavy atom. The Morgan fingerprint density at radius 1 is 1.28 bits per heavy atom. The number of carbonyl (C=O) groups is 1. The first-order valence-corrected chi connectivity index (χ1v) is 6.14. The quantitative estimate of drug-likeness (QED) is 0.383. The van der Waals surface area contributed by atoms with Crippen molar-refractivity contribution >= 4 is 16.7 Å². The molecule has 0 amide bonds. The van der Waals surface area contributed by atoms with Crippen molar-refractivity contribution in [3.63, 3.8) is 0 Å². The number of hydrogen-bond donors (Lipinski definition) is 0. The van der Waals surface area contributed by atoms with Gasteiger partial charge >= 0.3 is 5.97 Å². The zero-order valence-electron chi connectivity index (χ0n) is 32.0. The molecule has 7 heteroatoms. The zero-order valence-corrected chi connectivity index (χ0v) is 12.0. The molecule has 0 aromatic heterocycles. The summed E-state index contributed by atoms with van der Waals surface area (Å²) in [6.07, 6.45) is -8.73. The Hall–Kier alpha value is -2.83. The zero-order chi connectivity index (χ0) is 35.6. The molecule has 0 N–H and O–H groups in total. The predicted molar refractivity (Wildman–Crippen MR) is 92.1 cm³/mol. The minimum atomic E-state index is -4.39. The van der Waals surface area contributed by atoms with Gasteiger partial charge in [0.1, 0.15) is 5.75 Å². The molecule has 0 unspecified atom stereocenters. The highest BCUT2D eigenvalue weighted by molar-refractivity contribution is 5.86. The SMILES string of the molecule is [2H]c1c([C@@H](C(=O)OC([2H])([2H])C([2H])([2H])C([2H])([2H])C([2H])([2H])O[N+](=O)[O-])C([2H])([2H])[2H])c([2H])c2c([2H])c([2H])c(OC([2H])([2H])[2H])c([2H])c2c1[2H]. The van der Waals surface area contributed by atoms with Crippen LogP contribution in [0.15, 0.2) is 36.3 Å². The minimum Gasteiger partial charge on any atom is -0.497 e. The van der Waals surface area contributed by atoms with Crippen LogP contribution in [0.4, 0.5) is 0 Å². The third-order valence-electron chi connectivity index (χ3n) is 2.43. The summed E-state index contributed by atoms with van der Waals surface area (Å²) in [4.78, 5) is 27.3. The van der Waals surface area contributed by atoms with E-state index in [9.17, 15) is 14.9 Å². The van der Waals surface area contributed by atoms with Crippen LogP contribution in [0.25, 0.3) is 10.8 Å². The van der Waals surface area contributed by atoms with Gasteiger partial charge in [0.05, 0.1) is 43.9 Å². The highest BCUT2D eigenvalue weighted by Crippen LogP contribution is 2.25. The van der Waals surface area contributed by atoms with Crippen LogP contribution in [-0.4, -0.2) is 31.2 Å². The van der Waals surface area contributed by atoms with Gasteiger partial charge in [-0.3, -0.25) is 4.79 Å². The third kappa shape index (κ3) is 5.34. The van der Waals surface area contributed by atoms with E-state index >= 15 is 0 Å². The van der Waals surface area contributed by atoms with Crippen molar-refractivity contribution in [1.82, 2.24) is 0 Å². The lowest BCUT2D eigenvalue weighted by Crippen LogP contribution is -2.14. The highest BCUT2D eigenvalue weighted by atomic mass is 16.9. The van der Waals surface area contributed by atoms with Gasteiger partial charge in [0, 0.05) is 9.60 Å². The first-order chi connectivity index (χ1) is 19.9. The number of nitrogens with zero attached hydrogens (tertiary/aromatic N) is 1. The van der Waals surface area contributed by atoms with E-state index in [0.717, 1.165) is 0 Å². The molecule has 0 saturated heterocycles. The van der Waals surface area contributed by atoms with Crippen LogP contribution in [0.5, 0.6) is 5.75 Å². The van der Waals surface area contributed by atoms with Crippen molar-refractivity contribution in [2.45, 2.75) is 25.5 Å². The summed E-state index contributed by atoms with van der Waals surface area (Å²) >= 11 is 0. The average molecular weight is 367 g/mol. The first kappa shape index (κ1) is 5.33. The average Bonchev–Trinajstić information content (AvgIpc) is 2.82. The molecule has 1 atom stereocenters. The van der Waals surface area contributed by atoms with E-state index in [1.54, 1.807) is 0 Å². The molecule has 0 heterocycles. The molecular weight excluding hydrogens is 326 g/mol. The van der Waals surface area contributed by atoms with Gasteiger partial charge in [0.2, 0.25) is 0 Å². The predicted octanol–water partition coefficient (Wildman–Crippen LogP) is 3.48. The van der Waals surface area contributed by atoms with Crippen molar-refractivity contribution in [2.24, 2.45) is 0 Å². The molecule has 2 aromatic carbocycles. The number of carbonyl (C=O) groups excluding carboxylic acids is 1. The lowest BCUT2D eigenvalue weighted by atomic mass is 9.98. The highest BCUT2D eigenvalue weighted by Gasteiger charge is 2.17. The largest absolute Gasteiger partial charge is 0.497 e. The van der Waals surface area contributed by atoms with Crippen molar-refractivity contribution in [3.05, 3.63) is 51.9 Å². The summed E-state index contributed by atoms with van der Waals surface area (Å²) in [7, 11) is -3.26. The van der Waals surface area contributed by atoms with Gasteiger partial charge in [-0.2, -0.15) is 0 Å². The lowest BCUT2D eigenvalue weighted by molar-refractivity contribution is -0.757. The summed E-state index contributed by atoms with van der Waals surface area (Å²) < 4.78 is 165. The lowest BCUT2D eigenvalue weighted by Gasteiger charge is -2.13. The fraction of sp³-hybridized carbons (Fsp3) is 0.389. The van der Waals surface area contributed by atoms with Gasteiger partial charge < -0.3 is 14.3 Å². The smallest absolute Gasteiger partial charge is 0.313 e. The normalized spacial score (nSPS) is 26.7. The Balaban J connectivity index is 2.85. The van der Waals surface area contributed by atoms with Crippen molar-refractivity contribution in [3.8, 4) is 5.75 Å². The number of benzene rings is 2. The van der Waals surface area contributed by atoms with E-state index in [1.165, 1.54) is 0 Å². The molecule has 0 fully saturated rings. The van der Waals surface area contributed by atoms with Crippen LogP contribution >= 0.6 is 0 Å². The molecule has 0 bridgehead atoms. The molecule has 0 aliphatic carbocycles. The molecule has 0 saturated carbocycles. The van der Waals surface area contributed by atoms with E-state index in [1.807, 2.05) is 0 Å². The maximum atomic E-state index is 13.2. The standard InChI is InChI=1S/C18H21NO6/c1-13(18(20)24-9-3-4-10-25-19(21)22)14-5-6-16-12-17(23-2)8-7-15(16)11-14/h5-8,11-13H,3-4,9-10H2,1-2H3/t13-/m0/s1/i1D3,2D3,3D2,4D2,5D,6D,7D,8D,9D2,10D2,11D,12D. The number of hydrogen-bond acceptors (Lipinski definition) is 6. The second kappa shape index (κ2) is 8.86. The summed E-state index contributed by atoms with van der Waals surface area (Å²) in [6, 6.07) is -7.04. The van der Waals surface area contributed by atoms with E-state index in [-0.39, 0.29) is 0 Å². The fourth-order valence-corrected chi connectivity index (χ4v) is 1.43. The van der Waals surface area contributed by atoms with Crippen molar-refractivity contribution < 1.29 is 51.6 Å². The van der Waals surface area contributed by atoms with Gasteiger partial charge in [-0.15, -0.1) is 10.1 Å². The van der Waals surface area contributed by atoms with Gasteiger partial charge in [0.25, 0.3) is 5.09 Å². The third-order valence-corrected chi connectivity index (χ3v) is 2.43. The molecule has 2 rings (SSSR count). The number of esters is 1. The Labute approximate surface area is 173 Å². The first-order valence-electron chi connectivity index (χ1n) is 16.1. The Morgan fingerprint density at radius 3 is 2.80 bits per heavy atom. The second-order valence-corrected chi connectivity index (χ2v) is 3.97. The topological polar surface area (TPSA) is 87.9 Å². The summed E-state index contributed by atoms with van der Waals surface area (Å²) in [5.74, 6) is -6.36. The van der Waals surface area contributed by atoms with Crippen LogP contribution in [0.2, 0.25) is 0 Å². The molecular formula is C18H21NO6. The molecule has 7 nitrogen and oxygen atoms in total. The Bertz CT molecular complexity index is 1530. The van der Waals surface area contributed by atoms with Crippen LogP contribution < -0.4 is 4.74 Å². The fourth-order valence-electron chi connectivity index (χ4n) is 1.43. The summed E-state index contributed by atoms with van der Waals surface area (Å²) in [6.45, 7) is -12.3. The van der Waals surface area contributed by atoms with Gasteiger partial charge in [0.15, 0.2) is 0 Å². The van der Waals surface area contributed by atoms with Gasteiger partial charge in [-0.1, -0.05) is 24.2 Å². The van der Waals surface area contributed by atoms with Crippen LogP contribution in [0.3, 0.4) is 0 Å². The maximum absolute atomic E-state index is 13.2. The molecule has 0 spiro atoms. The molecule has 2 aromatic rings. The minimum absolute atomic E-state index is 0.834. The molecule has 134 valence electrons. The second-order valence-electron chi connectivity index (χ2n) is 3.97. The molecule has 0 aliphatic heterocycles. The van der Waals surface area contributed by atoms with E-state index in [2.05, 4.69) is 14.3 Å². The van der Waals surface area contributed by atoms with Crippen LogP contribution in [-0.2, 0) is 14.4 Å². The van der Waals surface area contributed by atoms with Crippen molar-refractivity contribution in [1.29, 1.82) is 0 Å². The Kier molecular flexibility index (Phi) is 1.89. The van der Waals surface area contributed by atoms with Gasteiger partial charge in [-0.05, 0) is 48.0 Å². The van der Waals surface area contributed by atoms with E-state index in [0.29, 0.717) is 0 Å². The molecule has 25 heavy (non-hydrogen) atoms. The molecule has 0 aliphatic rings. The van der Waals surface area contributed by atoms with E-state index in [4.69, 9.17) is 27.4 Å². The van der Waals surface area contributed by atoms with Crippen LogP contribution in [0.1, 0.15) is 58.5 Å². The number of fused-ring (bicyclic) bond motifs is 1. The number of ether oxygens (including phenoxy) is 2. The monoisotopic (exact) mass is 367 g/mol. The number of rotatable bonds is 9.